The molecular formula is C25H32N2O2. The summed E-state index contributed by atoms with van der Waals surface area (Å²) in [5, 5.41) is 3.28. The van der Waals surface area contributed by atoms with E-state index in [1.54, 1.807) is 0 Å². The molecule has 0 unspecified atom stereocenters. The summed E-state index contributed by atoms with van der Waals surface area (Å²) in [5.74, 6) is 3.05. The van der Waals surface area contributed by atoms with Crippen molar-refractivity contribution in [3.63, 3.8) is 0 Å². The maximum Gasteiger partial charge on any atom is 0.230 e. The molecule has 1 heterocycles. The summed E-state index contributed by atoms with van der Waals surface area (Å²) < 4.78 is 0. The first-order chi connectivity index (χ1) is 14.1. The molecule has 6 aliphatic rings. The smallest absolute Gasteiger partial charge is 0.230 e. The van der Waals surface area contributed by atoms with Crippen LogP contribution in [0.5, 0.6) is 0 Å². The quantitative estimate of drug-likeness (QED) is 0.794. The SMILES string of the molecule is O=C(C1CCCC1)N1CCc2ccc(NC(=O)C34CC5CC(CC(C5)C3)C4)cc21. The van der Waals surface area contributed by atoms with E-state index in [2.05, 4.69) is 17.4 Å². The van der Waals surface area contributed by atoms with Crippen molar-refractivity contribution in [2.45, 2.75) is 70.6 Å². The summed E-state index contributed by atoms with van der Waals surface area (Å²) in [6.07, 6.45) is 12.7. The molecule has 29 heavy (non-hydrogen) atoms. The van der Waals surface area contributed by atoms with Crippen molar-refractivity contribution in [1.29, 1.82) is 0 Å². The maximum absolute atomic E-state index is 13.4. The molecule has 1 N–H and O–H groups in total. The van der Waals surface area contributed by atoms with Crippen molar-refractivity contribution >= 4 is 23.2 Å². The number of anilines is 2. The molecule has 1 aromatic rings. The van der Waals surface area contributed by atoms with Crippen LogP contribution in [0.25, 0.3) is 0 Å². The number of amides is 2. The zero-order chi connectivity index (χ0) is 19.6. The Bertz CT molecular complexity index is 819. The number of hydrogen-bond acceptors (Lipinski definition) is 2. The van der Waals surface area contributed by atoms with Crippen molar-refractivity contribution in [3.05, 3.63) is 23.8 Å². The molecule has 7 rings (SSSR count). The minimum atomic E-state index is -0.132. The molecule has 1 aromatic carbocycles. The zero-order valence-corrected chi connectivity index (χ0v) is 17.3. The molecule has 0 saturated heterocycles. The van der Waals surface area contributed by atoms with Gasteiger partial charge in [-0.1, -0.05) is 18.9 Å². The molecule has 5 saturated carbocycles. The van der Waals surface area contributed by atoms with Crippen LogP contribution in [-0.4, -0.2) is 18.4 Å². The first-order valence-corrected chi connectivity index (χ1v) is 11.9. The molecule has 154 valence electrons. The Kier molecular flexibility index (Phi) is 4.08. The molecule has 4 heteroatoms. The number of nitrogens with one attached hydrogen (secondary N) is 1. The van der Waals surface area contributed by atoms with Gasteiger partial charge in [0.1, 0.15) is 0 Å². The monoisotopic (exact) mass is 392 g/mol. The topological polar surface area (TPSA) is 49.4 Å². The van der Waals surface area contributed by atoms with Crippen LogP contribution in [0.2, 0.25) is 0 Å². The Morgan fingerprint density at radius 2 is 1.62 bits per heavy atom. The van der Waals surface area contributed by atoms with Crippen LogP contribution < -0.4 is 10.2 Å². The highest BCUT2D eigenvalue weighted by Crippen LogP contribution is 2.60. The van der Waals surface area contributed by atoms with E-state index in [9.17, 15) is 9.59 Å². The molecule has 4 nitrogen and oxygen atoms in total. The van der Waals surface area contributed by atoms with Crippen LogP contribution in [-0.2, 0) is 16.0 Å². The normalized spacial score (nSPS) is 35.2. The van der Waals surface area contributed by atoms with Gasteiger partial charge in [0, 0.05) is 23.8 Å². The van der Waals surface area contributed by atoms with Crippen molar-refractivity contribution in [1.82, 2.24) is 0 Å². The summed E-state index contributed by atoms with van der Waals surface area (Å²) in [6.45, 7) is 0.789. The number of carbonyl (C=O) groups excluding carboxylic acids is 2. The van der Waals surface area contributed by atoms with Gasteiger partial charge in [0.2, 0.25) is 11.8 Å². The number of fused-ring (bicyclic) bond motifs is 1. The van der Waals surface area contributed by atoms with Crippen LogP contribution in [0, 0.1) is 29.1 Å². The van der Waals surface area contributed by atoms with Crippen LogP contribution in [0.15, 0.2) is 18.2 Å². The molecule has 1 aliphatic heterocycles. The van der Waals surface area contributed by atoms with Crippen LogP contribution >= 0.6 is 0 Å². The summed E-state index contributed by atoms with van der Waals surface area (Å²) in [6, 6.07) is 6.22. The third-order valence-corrected chi connectivity index (χ3v) is 8.73. The predicted molar refractivity (Wildman–Crippen MR) is 114 cm³/mol. The van der Waals surface area contributed by atoms with Crippen molar-refractivity contribution in [2.75, 3.05) is 16.8 Å². The van der Waals surface area contributed by atoms with E-state index in [1.165, 1.54) is 37.7 Å². The van der Waals surface area contributed by atoms with Gasteiger partial charge in [0.25, 0.3) is 0 Å². The average molecular weight is 393 g/mol. The van der Waals surface area contributed by atoms with Gasteiger partial charge in [-0.2, -0.15) is 0 Å². The standard InChI is InChI=1S/C25H32N2O2/c28-23(20-3-1-2-4-20)27-8-7-19-5-6-21(12-22(19)27)26-24(29)25-13-16-9-17(14-25)11-18(10-16)15-25/h5-6,12,16-18,20H,1-4,7-11,13-15H2,(H,26,29). The Morgan fingerprint density at radius 1 is 0.966 bits per heavy atom. The van der Waals surface area contributed by atoms with Crippen molar-refractivity contribution < 1.29 is 9.59 Å². The van der Waals surface area contributed by atoms with Gasteiger partial charge in [-0.25, -0.2) is 0 Å². The number of carbonyl (C=O) groups is 2. The lowest BCUT2D eigenvalue weighted by molar-refractivity contribution is -0.140. The lowest BCUT2D eigenvalue weighted by atomic mass is 9.49. The van der Waals surface area contributed by atoms with Crippen LogP contribution in [0.4, 0.5) is 11.4 Å². The Balaban J connectivity index is 1.22. The van der Waals surface area contributed by atoms with Gasteiger partial charge < -0.3 is 10.2 Å². The minimum absolute atomic E-state index is 0.132. The summed E-state index contributed by atoms with van der Waals surface area (Å²) in [5.41, 5.74) is 3.01. The second kappa shape index (κ2) is 6.58. The molecule has 5 aliphatic carbocycles. The van der Waals surface area contributed by atoms with Crippen LogP contribution in [0.3, 0.4) is 0 Å². The fourth-order valence-corrected chi connectivity index (χ4v) is 7.73. The van der Waals surface area contributed by atoms with E-state index in [0.717, 1.165) is 74.2 Å². The molecule has 2 amide bonds. The maximum atomic E-state index is 13.4. The highest BCUT2D eigenvalue weighted by Gasteiger charge is 2.54. The number of rotatable bonds is 3. The van der Waals surface area contributed by atoms with Crippen molar-refractivity contribution in [3.8, 4) is 0 Å². The fourth-order valence-electron chi connectivity index (χ4n) is 7.73. The Hall–Kier alpha value is -1.84. The van der Waals surface area contributed by atoms with E-state index in [1.807, 2.05) is 11.0 Å². The highest BCUT2D eigenvalue weighted by atomic mass is 16.2. The summed E-state index contributed by atoms with van der Waals surface area (Å²) >= 11 is 0. The summed E-state index contributed by atoms with van der Waals surface area (Å²) in [4.78, 5) is 28.4. The van der Waals surface area contributed by atoms with E-state index in [0.29, 0.717) is 5.91 Å². The number of benzene rings is 1. The van der Waals surface area contributed by atoms with Gasteiger partial charge in [0.05, 0.1) is 5.41 Å². The van der Waals surface area contributed by atoms with Gasteiger partial charge in [0.15, 0.2) is 0 Å². The van der Waals surface area contributed by atoms with Gasteiger partial charge >= 0.3 is 0 Å². The zero-order valence-electron chi connectivity index (χ0n) is 17.3. The molecular weight excluding hydrogens is 360 g/mol. The average Bonchev–Trinajstić information content (AvgIpc) is 3.36. The van der Waals surface area contributed by atoms with E-state index in [-0.39, 0.29) is 17.2 Å². The minimum Gasteiger partial charge on any atom is -0.326 e. The lowest BCUT2D eigenvalue weighted by Crippen LogP contribution is -2.51. The largest absolute Gasteiger partial charge is 0.326 e. The molecule has 4 bridgehead atoms. The Labute approximate surface area is 173 Å². The first kappa shape index (κ1) is 18.0. The third kappa shape index (κ3) is 2.93. The first-order valence-electron chi connectivity index (χ1n) is 11.9. The van der Waals surface area contributed by atoms with Gasteiger partial charge in [-0.15, -0.1) is 0 Å². The van der Waals surface area contributed by atoms with Gasteiger partial charge in [-0.3, -0.25) is 9.59 Å². The van der Waals surface area contributed by atoms with Crippen molar-refractivity contribution in [2.24, 2.45) is 29.1 Å². The fraction of sp³-hybridized carbons (Fsp3) is 0.680. The van der Waals surface area contributed by atoms with E-state index >= 15 is 0 Å². The van der Waals surface area contributed by atoms with Gasteiger partial charge in [-0.05, 0) is 93.2 Å². The van der Waals surface area contributed by atoms with E-state index in [4.69, 9.17) is 0 Å². The molecule has 0 atom stereocenters. The Morgan fingerprint density at radius 3 is 2.28 bits per heavy atom. The molecule has 0 spiro atoms. The van der Waals surface area contributed by atoms with E-state index < -0.39 is 0 Å². The second-order valence-electron chi connectivity index (χ2n) is 10.7. The van der Waals surface area contributed by atoms with Crippen LogP contribution in [0.1, 0.15) is 69.8 Å². The summed E-state index contributed by atoms with van der Waals surface area (Å²) in [7, 11) is 0. The predicted octanol–water partition coefficient (Wildman–Crippen LogP) is 4.92. The second-order valence-corrected chi connectivity index (χ2v) is 10.7. The number of hydrogen-bond donors (Lipinski definition) is 1. The molecule has 0 radical (unpaired) electrons. The molecule has 0 aromatic heterocycles. The molecule has 5 fully saturated rings. The highest BCUT2D eigenvalue weighted by molar-refractivity contribution is 6.00. The number of nitrogens with zero attached hydrogens (tertiary/aromatic N) is 1. The lowest BCUT2D eigenvalue weighted by Gasteiger charge is -2.55. The third-order valence-electron chi connectivity index (χ3n) is 8.73.